The van der Waals surface area contributed by atoms with Gasteiger partial charge in [-0.2, -0.15) is 0 Å². The maximum atomic E-state index is 12.3. The van der Waals surface area contributed by atoms with Crippen LogP contribution in [0, 0.1) is 5.92 Å². The van der Waals surface area contributed by atoms with Gasteiger partial charge in [-0.05, 0) is 41.8 Å². The molecule has 0 unspecified atom stereocenters. The number of carbonyl (C=O) groups excluding carboxylic acids is 3. The standard InChI is InChI=1S/C21H24N2O4/c1-14(2)10-20(25)23-18-8-4-6-16(11-18)13-22-21(26)17-7-5-9-19(12-17)27-15(3)24/h4-9,11-12,14H,10,13H2,1-3H3,(H,22,26)(H,23,25). The molecule has 0 bridgehead atoms. The number of benzene rings is 2. The highest BCUT2D eigenvalue weighted by molar-refractivity contribution is 5.94. The number of ether oxygens (including phenoxy) is 1. The van der Waals surface area contributed by atoms with Crippen molar-refractivity contribution in [3.8, 4) is 5.75 Å². The first kappa shape index (κ1) is 20.2. The van der Waals surface area contributed by atoms with Gasteiger partial charge >= 0.3 is 5.97 Å². The lowest BCUT2D eigenvalue weighted by Crippen LogP contribution is -2.23. The minimum absolute atomic E-state index is 0.0338. The Labute approximate surface area is 158 Å². The molecule has 0 saturated heterocycles. The van der Waals surface area contributed by atoms with Gasteiger partial charge in [0.2, 0.25) is 5.91 Å². The van der Waals surface area contributed by atoms with Crippen LogP contribution in [0.1, 0.15) is 43.1 Å². The Bertz CT molecular complexity index is 830. The van der Waals surface area contributed by atoms with Crippen LogP contribution in [0.15, 0.2) is 48.5 Å². The minimum Gasteiger partial charge on any atom is -0.427 e. The lowest BCUT2D eigenvalue weighted by Gasteiger charge is -2.10. The van der Waals surface area contributed by atoms with E-state index in [1.165, 1.54) is 13.0 Å². The maximum absolute atomic E-state index is 12.3. The Hall–Kier alpha value is -3.15. The van der Waals surface area contributed by atoms with Crippen molar-refractivity contribution in [2.45, 2.75) is 33.7 Å². The molecule has 0 heterocycles. The van der Waals surface area contributed by atoms with Crippen LogP contribution in [-0.4, -0.2) is 17.8 Å². The summed E-state index contributed by atoms with van der Waals surface area (Å²) in [5.41, 5.74) is 1.96. The van der Waals surface area contributed by atoms with E-state index in [0.717, 1.165) is 5.56 Å². The SMILES string of the molecule is CC(=O)Oc1cccc(C(=O)NCc2cccc(NC(=O)CC(C)C)c2)c1. The molecule has 0 radical (unpaired) electrons. The topological polar surface area (TPSA) is 84.5 Å². The summed E-state index contributed by atoms with van der Waals surface area (Å²) in [7, 11) is 0. The molecule has 0 saturated carbocycles. The quantitative estimate of drug-likeness (QED) is 0.578. The lowest BCUT2D eigenvalue weighted by atomic mass is 10.1. The Morgan fingerprint density at radius 3 is 2.48 bits per heavy atom. The normalized spacial score (nSPS) is 10.4. The average Bonchev–Trinajstić information content (AvgIpc) is 2.59. The van der Waals surface area contributed by atoms with Crippen molar-refractivity contribution in [2.75, 3.05) is 5.32 Å². The van der Waals surface area contributed by atoms with Gasteiger partial charge in [0.05, 0.1) is 0 Å². The van der Waals surface area contributed by atoms with Crippen LogP contribution in [0.5, 0.6) is 5.75 Å². The largest absolute Gasteiger partial charge is 0.427 e. The van der Waals surface area contributed by atoms with Crippen LogP contribution in [0.3, 0.4) is 0 Å². The van der Waals surface area contributed by atoms with Crippen LogP contribution in [0.2, 0.25) is 0 Å². The maximum Gasteiger partial charge on any atom is 0.308 e. The van der Waals surface area contributed by atoms with Crippen molar-refractivity contribution in [3.05, 3.63) is 59.7 Å². The molecule has 2 amide bonds. The fourth-order valence-electron chi connectivity index (χ4n) is 2.49. The third-order valence-electron chi connectivity index (χ3n) is 3.62. The number of amides is 2. The summed E-state index contributed by atoms with van der Waals surface area (Å²) < 4.78 is 4.99. The Kier molecular flexibility index (Phi) is 7.11. The van der Waals surface area contributed by atoms with Gasteiger partial charge in [0.1, 0.15) is 5.75 Å². The highest BCUT2D eigenvalue weighted by Crippen LogP contribution is 2.15. The lowest BCUT2D eigenvalue weighted by molar-refractivity contribution is -0.131. The predicted octanol–water partition coefficient (Wildman–Crippen LogP) is 3.53. The smallest absolute Gasteiger partial charge is 0.308 e. The summed E-state index contributed by atoms with van der Waals surface area (Å²) in [5, 5.41) is 5.67. The van der Waals surface area contributed by atoms with E-state index in [0.29, 0.717) is 30.0 Å². The molecular formula is C21H24N2O4. The summed E-state index contributed by atoms with van der Waals surface area (Å²) in [6.45, 7) is 5.59. The van der Waals surface area contributed by atoms with Crippen LogP contribution in [0.4, 0.5) is 5.69 Å². The first-order valence-electron chi connectivity index (χ1n) is 8.79. The van der Waals surface area contributed by atoms with Gasteiger partial charge in [-0.25, -0.2) is 0 Å². The van der Waals surface area contributed by atoms with Gasteiger partial charge in [-0.15, -0.1) is 0 Å². The minimum atomic E-state index is -0.441. The number of anilines is 1. The Balaban J connectivity index is 1.96. The number of hydrogen-bond acceptors (Lipinski definition) is 4. The highest BCUT2D eigenvalue weighted by Gasteiger charge is 2.09. The van der Waals surface area contributed by atoms with E-state index in [-0.39, 0.29) is 17.7 Å². The number of hydrogen-bond donors (Lipinski definition) is 2. The molecule has 6 heteroatoms. The van der Waals surface area contributed by atoms with E-state index < -0.39 is 5.97 Å². The third-order valence-corrected chi connectivity index (χ3v) is 3.62. The molecule has 2 rings (SSSR count). The van der Waals surface area contributed by atoms with E-state index in [1.807, 2.05) is 38.1 Å². The van der Waals surface area contributed by atoms with Crippen LogP contribution >= 0.6 is 0 Å². The molecule has 2 aromatic rings. The average molecular weight is 368 g/mol. The molecule has 0 aliphatic carbocycles. The summed E-state index contributed by atoms with van der Waals surface area (Å²) in [4.78, 5) is 35.2. The number of esters is 1. The molecule has 2 aromatic carbocycles. The second-order valence-corrected chi connectivity index (χ2v) is 6.65. The van der Waals surface area contributed by atoms with Crippen molar-refractivity contribution in [2.24, 2.45) is 5.92 Å². The zero-order valence-corrected chi connectivity index (χ0v) is 15.7. The molecular weight excluding hydrogens is 344 g/mol. The Morgan fingerprint density at radius 2 is 1.78 bits per heavy atom. The highest BCUT2D eigenvalue weighted by atomic mass is 16.5. The molecule has 0 aliphatic heterocycles. The second-order valence-electron chi connectivity index (χ2n) is 6.65. The summed E-state index contributed by atoms with van der Waals surface area (Å²) >= 11 is 0. The van der Waals surface area contributed by atoms with Crippen molar-refractivity contribution in [1.29, 1.82) is 0 Å². The van der Waals surface area contributed by atoms with E-state index >= 15 is 0 Å². The first-order valence-corrected chi connectivity index (χ1v) is 8.79. The molecule has 142 valence electrons. The van der Waals surface area contributed by atoms with Gasteiger partial charge in [0.15, 0.2) is 0 Å². The second kappa shape index (κ2) is 9.52. The fraction of sp³-hybridized carbons (Fsp3) is 0.286. The predicted molar refractivity (Wildman–Crippen MR) is 103 cm³/mol. The van der Waals surface area contributed by atoms with E-state index in [2.05, 4.69) is 10.6 Å². The zero-order valence-electron chi connectivity index (χ0n) is 15.7. The zero-order chi connectivity index (χ0) is 19.8. The van der Waals surface area contributed by atoms with Crippen molar-refractivity contribution < 1.29 is 19.1 Å². The number of rotatable bonds is 7. The van der Waals surface area contributed by atoms with Gasteiger partial charge in [-0.3, -0.25) is 14.4 Å². The van der Waals surface area contributed by atoms with Gasteiger partial charge in [-0.1, -0.05) is 32.0 Å². The fourth-order valence-corrected chi connectivity index (χ4v) is 2.49. The molecule has 0 aromatic heterocycles. The molecule has 0 fully saturated rings. The number of carbonyl (C=O) groups is 3. The molecule has 0 atom stereocenters. The molecule has 0 aliphatic rings. The summed E-state index contributed by atoms with van der Waals surface area (Å²) in [6.07, 6.45) is 0.458. The van der Waals surface area contributed by atoms with Crippen molar-refractivity contribution in [1.82, 2.24) is 5.32 Å². The van der Waals surface area contributed by atoms with Gasteiger partial charge in [0.25, 0.3) is 5.91 Å². The van der Waals surface area contributed by atoms with Crippen LogP contribution in [-0.2, 0) is 16.1 Å². The third kappa shape index (κ3) is 6.93. The van der Waals surface area contributed by atoms with Gasteiger partial charge < -0.3 is 15.4 Å². The Morgan fingerprint density at radius 1 is 1.04 bits per heavy atom. The monoisotopic (exact) mass is 368 g/mol. The number of nitrogens with one attached hydrogen (secondary N) is 2. The van der Waals surface area contributed by atoms with E-state index in [1.54, 1.807) is 18.2 Å². The molecule has 27 heavy (non-hydrogen) atoms. The molecule has 0 spiro atoms. The van der Waals surface area contributed by atoms with E-state index in [4.69, 9.17) is 4.74 Å². The first-order chi connectivity index (χ1) is 12.8. The summed E-state index contributed by atoms with van der Waals surface area (Å²) in [5.74, 6) is -0.143. The molecule has 6 nitrogen and oxygen atoms in total. The van der Waals surface area contributed by atoms with Crippen molar-refractivity contribution in [3.63, 3.8) is 0 Å². The summed E-state index contributed by atoms with van der Waals surface area (Å²) in [6, 6.07) is 13.8. The van der Waals surface area contributed by atoms with Crippen LogP contribution < -0.4 is 15.4 Å². The molecule has 2 N–H and O–H groups in total. The van der Waals surface area contributed by atoms with Gasteiger partial charge in [0, 0.05) is 31.1 Å². The van der Waals surface area contributed by atoms with E-state index in [9.17, 15) is 14.4 Å². The van der Waals surface area contributed by atoms with Crippen LogP contribution in [0.25, 0.3) is 0 Å². The van der Waals surface area contributed by atoms with Crippen molar-refractivity contribution >= 4 is 23.5 Å².